The standard InChI is InChI=1S/C13H16N4O3/c1-3-7-5-8(10(19)6-9(7)18)11-15-12(17-16-11)13(20)14-4-2/h5-6,18-19H,3-4H2,1-2H3,(H,14,20)(H,15,16,17). The number of amides is 1. The van der Waals surface area contributed by atoms with Gasteiger partial charge in [0.25, 0.3) is 5.91 Å². The van der Waals surface area contributed by atoms with Crippen molar-refractivity contribution < 1.29 is 15.0 Å². The first-order valence-corrected chi connectivity index (χ1v) is 6.32. The van der Waals surface area contributed by atoms with Crippen molar-refractivity contribution in [1.29, 1.82) is 0 Å². The number of phenols is 2. The van der Waals surface area contributed by atoms with E-state index in [1.165, 1.54) is 6.07 Å². The predicted molar refractivity (Wildman–Crippen MR) is 72.5 cm³/mol. The van der Waals surface area contributed by atoms with Crippen molar-refractivity contribution in [1.82, 2.24) is 20.5 Å². The Morgan fingerprint density at radius 3 is 2.70 bits per heavy atom. The summed E-state index contributed by atoms with van der Waals surface area (Å²) in [6.45, 7) is 4.17. The smallest absolute Gasteiger partial charge is 0.288 e. The van der Waals surface area contributed by atoms with E-state index in [4.69, 9.17) is 0 Å². The lowest BCUT2D eigenvalue weighted by Gasteiger charge is -2.06. The molecule has 0 aliphatic carbocycles. The molecular formula is C13H16N4O3. The van der Waals surface area contributed by atoms with Crippen LogP contribution in [0.4, 0.5) is 0 Å². The van der Waals surface area contributed by atoms with E-state index in [2.05, 4.69) is 20.5 Å². The molecule has 1 aromatic heterocycles. The predicted octanol–water partition coefficient (Wildman–Crippen LogP) is 1.19. The number of aryl methyl sites for hydroxylation is 1. The Morgan fingerprint density at radius 2 is 2.05 bits per heavy atom. The van der Waals surface area contributed by atoms with Crippen molar-refractivity contribution in [2.75, 3.05) is 6.54 Å². The molecule has 0 fully saturated rings. The summed E-state index contributed by atoms with van der Waals surface area (Å²) in [6.07, 6.45) is 0.604. The van der Waals surface area contributed by atoms with Crippen LogP contribution in [0, 0.1) is 0 Å². The van der Waals surface area contributed by atoms with Gasteiger partial charge in [0.15, 0.2) is 5.82 Å². The summed E-state index contributed by atoms with van der Waals surface area (Å²) in [5.41, 5.74) is 1.04. The molecule has 0 saturated heterocycles. The van der Waals surface area contributed by atoms with Gasteiger partial charge in [-0.1, -0.05) is 6.92 Å². The minimum Gasteiger partial charge on any atom is -0.508 e. The van der Waals surface area contributed by atoms with E-state index in [0.29, 0.717) is 24.1 Å². The van der Waals surface area contributed by atoms with Crippen LogP contribution in [0.15, 0.2) is 12.1 Å². The number of phenolic OH excluding ortho intramolecular Hbond substituents is 2. The fourth-order valence-corrected chi connectivity index (χ4v) is 1.81. The first-order valence-electron chi connectivity index (χ1n) is 6.32. The van der Waals surface area contributed by atoms with Crippen LogP contribution in [-0.4, -0.2) is 37.8 Å². The van der Waals surface area contributed by atoms with Crippen LogP contribution in [0.3, 0.4) is 0 Å². The van der Waals surface area contributed by atoms with E-state index < -0.39 is 0 Å². The first kappa shape index (κ1) is 13.9. The van der Waals surface area contributed by atoms with E-state index in [9.17, 15) is 15.0 Å². The van der Waals surface area contributed by atoms with Crippen LogP contribution >= 0.6 is 0 Å². The second-order valence-corrected chi connectivity index (χ2v) is 4.22. The Balaban J connectivity index is 2.39. The summed E-state index contributed by atoms with van der Waals surface area (Å²) in [6, 6.07) is 2.85. The van der Waals surface area contributed by atoms with Gasteiger partial charge in [-0.25, -0.2) is 4.98 Å². The monoisotopic (exact) mass is 276 g/mol. The molecule has 1 aromatic carbocycles. The molecule has 0 spiro atoms. The highest BCUT2D eigenvalue weighted by atomic mass is 16.3. The third-order valence-corrected chi connectivity index (χ3v) is 2.86. The number of aromatic amines is 1. The number of nitrogens with one attached hydrogen (secondary N) is 2. The molecule has 2 aromatic rings. The lowest BCUT2D eigenvalue weighted by atomic mass is 10.1. The van der Waals surface area contributed by atoms with Crippen molar-refractivity contribution in [3.05, 3.63) is 23.5 Å². The fraction of sp³-hybridized carbons (Fsp3) is 0.308. The third kappa shape index (κ3) is 2.56. The summed E-state index contributed by atoms with van der Waals surface area (Å²) in [4.78, 5) is 15.6. The fourth-order valence-electron chi connectivity index (χ4n) is 1.81. The third-order valence-electron chi connectivity index (χ3n) is 2.86. The minimum atomic E-state index is -0.361. The number of aromatic hydroxyl groups is 2. The lowest BCUT2D eigenvalue weighted by molar-refractivity contribution is 0.0946. The number of hydrogen-bond acceptors (Lipinski definition) is 5. The highest BCUT2D eigenvalue weighted by molar-refractivity contribution is 5.90. The Labute approximate surface area is 115 Å². The Hall–Kier alpha value is -2.57. The van der Waals surface area contributed by atoms with Gasteiger partial charge in [0.05, 0.1) is 5.56 Å². The Morgan fingerprint density at radius 1 is 1.30 bits per heavy atom. The van der Waals surface area contributed by atoms with Crippen molar-refractivity contribution in [3.8, 4) is 22.9 Å². The van der Waals surface area contributed by atoms with E-state index in [-0.39, 0.29) is 29.1 Å². The number of benzene rings is 1. The number of rotatable bonds is 4. The molecule has 7 nitrogen and oxygen atoms in total. The van der Waals surface area contributed by atoms with Crippen LogP contribution in [0.25, 0.3) is 11.4 Å². The maximum absolute atomic E-state index is 11.6. The average molecular weight is 276 g/mol. The minimum absolute atomic E-state index is 0.0215. The van der Waals surface area contributed by atoms with Crippen LogP contribution in [-0.2, 0) is 6.42 Å². The van der Waals surface area contributed by atoms with Crippen LogP contribution in [0.2, 0.25) is 0 Å². The van der Waals surface area contributed by atoms with E-state index in [1.54, 1.807) is 13.0 Å². The number of aromatic nitrogens is 3. The second-order valence-electron chi connectivity index (χ2n) is 4.22. The zero-order chi connectivity index (χ0) is 14.7. The van der Waals surface area contributed by atoms with E-state index >= 15 is 0 Å². The number of carbonyl (C=O) groups excluding carboxylic acids is 1. The van der Waals surface area contributed by atoms with Gasteiger partial charge in [-0.05, 0) is 25.0 Å². The van der Waals surface area contributed by atoms with Gasteiger partial charge in [0, 0.05) is 12.6 Å². The zero-order valence-electron chi connectivity index (χ0n) is 11.3. The lowest BCUT2D eigenvalue weighted by Crippen LogP contribution is -2.23. The molecule has 0 bridgehead atoms. The largest absolute Gasteiger partial charge is 0.508 e. The Kier molecular flexibility index (Phi) is 3.88. The highest BCUT2D eigenvalue weighted by Gasteiger charge is 2.16. The first-order chi connectivity index (χ1) is 9.56. The number of carbonyl (C=O) groups is 1. The van der Waals surface area contributed by atoms with Gasteiger partial charge in [0.2, 0.25) is 5.82 Å². The van der Waals surface area contributed by atoms with Crippen LogP contribution in [0.5, 0.6) is 11.5 Å². The summed E-state index contributed by atoms with van der Waals surface area (Å²) in [5.74, 6) is -0.194. The summed E-state index contributed by atoms with van der Waals surface area (Å²) in [5, 5.41) is 28.6. The Bertz CT molecular complexity index is 637. The zero-order valence-corrected chi connectivity index (χ0v) is 11.3. The van der Waals surface area contributed by atoms with Gasteiger partial charge < -0.3 is 15.5 Å². The summed E-state index contributed by atoms with van der Waals surface area (Å²) >= 11 is 0. The second kappa shape index (κ2) is 5.60. The molecule has 1 amide bonds. The molecule has 1 heterocycles. The maximum Gasteiger partial charge on any atom is 0.288 e. The summed E-state index contributed by atoms with van der Waals surface area (Å²) in [7, 11) is 0. The normalized spacial score (nSPS) is 10.5. The molecule has 4 N–H and O–H groups in total. The van der Waals surface area contributed by atoms with Crippen molar-refractivity contribution in [2.45, 2.75) is 20.3 Å². The van der Waals surface area contributed by atoms with Gasteiger partial charge >= 0.3 is 0 Å². The molecule has 0 radical (unpaired) electrons. The SMILES string of the molecule is CCNC(=O)c1nc(-c2cc(CC)c(O)cc2O)n[nH]1. The molecule has 7 heteroatoms. The number of nitrogens with zero attached hydrogens (tertiary/aromatic N) is 2. The van der Waals surface area contributed by atoms with Crippen molar-refractivity contribution in [2.24, 2.45) is 0 Å². The van der Waals surface area contributed by atoms with Crippen molar-refractivity contribution >= 4 is 5.91 Å². The molecule has 0 aliphatic heterocycles. The topological polar surface area (TPSA) is 111 Å². The highest BCUT2D eigenvalue weighted by Crippen LogP contribution is 2.33. The molecule has 2 rings (SSSR count). The quantitative estimate of drug-likeness (QED) is 0.670. The van der Waals surface area contributed by atoms with Gasteiger partial charge in [-0.3, -0.25) is 9.89 Å². The maximum atomic E-state index is 11.6. The summed E-state index contributed by atoms with van der Waals surface area (Å²) < 4.78 is 0. The van der Waals surface area contributed by atoms with Gasteiger partial charge in [-0.15, -0.1) is 0 Å². The van der Waals surface area contributed by atoms with Gasteiger partial charge in [-0.2, -0.15) is 5.10 Å². The van der Waals surface area contributed by atoms with E-state index in [0.717, 1.165) is 0 Å². The molecule has 0 unspecified atom stereocenters. The molecule has 20 heavy (non-hydrogen) atoms. The molecule has 0 atom stereocenters. The molecule has 106 valence electrons. The number of hydrogen-bond donors (Lipinski definition) is 4. The van der Waals surface area contributed by atoms with E-state index in [1.807, 2.05) is 6.92 Å². The van der Waals surface area contributed by atoms with Crippen molar-refractivity contribution in [3.63, 3.8) is 0 Å². The molecule has 0 saturated carbocycles. The molecule has 0 aliphatic rings. The van der Waals surface area contributed by atoms with Gasteiger partial charge in [0.1, 0.15) is 11.5 Å². The van der Waals surface area contributed by atoms with Crippen LogP contribution in [0.1, 0.15) is 30.0 Å². The average Bonchev–Trinajstić information content (AvgIpc) is 2.89. The van der Waals surface area contributed by atoms with Crippen LogP contribution < -0.4 is 5.32 Å². The molecular weight excluding hydrogens is 260 g/mol. The number of H-pyrrole nitrogens is 1.